The molecule has 1 aromatic carbocycles. The molecule has 2 saturated heterocycles. The summed E-state index contributed by atoms with van der Waals surface area (Å²) < 4.78 is 11.4. The van der Waals surface area contributed by atoms with Gasteiger partial charge >= 0.3 is 5.97 Å². The normalized spacial score (nSPS) is 27.7. The van der Waals surface area contributed by atoms with E-state index in [1.54, 1.807) is 7.11 Å². The molecule has 134 valence electrons. The summed E-state index contributed by atoms with van der Waals surface area (Å²) in [5, 5.41) is 0. The Morgan fingerprint density at radius 1 is 1.28 bits per heavy atom. The Hall–Kier alpha value is -1.97. The van der Waals surface area contributed by atoms with E-state index in [0.717, 1.165) is 56.5 Å². The molecule has 0 spiro atoms. The first-order valence-corrected chi connectivity index (χ1v) is 9.50. The fraction of sp³-hybridized carbons (Fsp3) is 0.571. The summed E-state index contributed by atoms with van der Waals surface area (Å²) in [4.78, 5) is 15.0. The summed E-state index contributed by atoms with van der Waals surface area (Å²) in [7, 11) is 1.69. The van der Waals surface area contributed by atoms with Crippen LogP contribution in [0, 0.1) is 5.92 Å². The number of benzene rings is 1. The van der Waals surface area contributed by atoms with E-state index in [1.807, 2.05) is 18.2 Å². The lowest BCUT2D eigenvalue weighted by molar-refractivity contribution is -0.165. The second-order valence-corrected chi connectivity index (χ2v) is 7.70. The molecule has 0 amide bonds. The van der Waals surface area contributed by atoms with Crippen molar-refractivity contribution >= 4 is 12.0 Å². The third kappa shape index (κ3) is 3.39. The van der Waals surface area contributed by atoms with E-state index in [1.165, 1.54) is 18.5 Å². The predicted octanol–water partition coefficient (Wildman–Crippen LogP) is 4.01. The van der Waals surface area contributed by atoms with Gasteiger partial charge in [-0.05, 0) is 49.5 Å². The average molecular weight is 341 g/mol. The first-order chi connectivity index (χ1) is 12.2. The van der Waals surface area contributed by atoms with Gasteiger partial charge in [-0.3, -0.25) is 4.79 Å². The second kappa shape index (κ2) is 6.74. The van der Waals surface area contributed by atoms with E-state index in [0.29, 0.717) is 0 Å². The van der Waals surface area contributed by atoms with Gasteiger partial charge in [-0.15, -0.1) is 0 Å². The Morgan fingerprint density at radius 2 is 2.12 bits per heavy atom. The highest BCUT2D eigenvalue weighted by Gasteiger charge is 2.47. The number of ether oxygens (including phenoxy) is 2. The van der Waals surface area contributed by atoms with Crippen molar-refractivity contribution in [2.75, 3.05) is 20.2 Å². The number of hydrogen-bond acceptors (Lipinski definition) is 4. The minimum Gasteiger partial charge on any atom is -0.497 e. The van der Waals surface area contributed by atoms with Gasteiger partial charge < -0.3 is 14.4 Å². The van der Waals surface area contributed by atoms with E-state index >= 15 is 0 Å². The fourth-order valence-electron chi connectivity index (χ4n) is 4.57. The van der Waals surface area contributed by atoms with Gasteiger partial charge in [0.1, 0.15) is 11.4 Å². The van der Waals surface area contributed by atoms with Crippen LogP contribution in [0.15, 0.2) is 30.0 Å². The molecule has 2 heterocycles. The molecule has 0 radical (unpaired) electrons. The van der Waals surface area contributed by atoms with E-state index in [9.17, 15) is 4.79 Å². The molecule has 3 fully saturated rings. The largest absolute Gasteiger partial charge is 0.497 e. The second-order valence-electron chi connectivity index (χ2n) is 7.70. The topological polar surface area (TPSA) is 38.8 Å². The summed E-state index contributed by atoms with van der Waals surface area (Å²) in [5.74, 6) is 1.05. The van der Waals surface area contributed by atoms with Crippen LogP contribution in [0.25, 0.3) is 6.08 Å². The van der Waals surface area contributed by atoms with E-state index in [4.69, 9.17) is 9.47 Å². The number of nitrogens with zero attached hydrogens (tertiary/aromatic N) is 1. The van der Waals surface area contributed by atoms with Gasteiger partial charge in [0.15, 0.2) is 0 Å². The summed E-state index contributed by atoms with van der Waals surface area (Å²) in [6.45, 7) is 1.90. The highest BCUT2D eigenvalue weighted by Crippen LogP contribution is 2.42. The zero-order chi connectivity index (χ0) is 17.3. The molecule has 1 atom stereocenters. The van der Waals surface area contributed by atoms with Crippen molar-refractivity contribution in [3.63, 3.8) is 0 Å². The van der Waals surface area contributed by atoms with Crippen LogP contribution in [0.5, 0.6) is 5.75 Å². The van der Waals surface area contributed by atoms with Crippen LogP contribution in [-0.4, -0.2) is 36.7 Å². The van der Waals surface area contributed by atoms with Crippen molar-refractivity contribution in [1.82, 2.24) is 4.90 Å². The predicted molar refractivity (Wildman–Crippen MR) is 97.2 cm³/mol. The summed E-state index contributed by atoms with van der Waals surface area (Å²) >= 11 is 0. The fourth-order valence-corrected chi connectivity index (χ4v) is 4.57. The molecule has 1 unspecified atom stereocenters. The quantitative estimate of drug-likeness (QED) is 0.776. The number of fused-ring (bicyclic) bond motifs is 2. The van der Waals surface area contributed by atoms with E-state index in [-0.39, 0.29) is 17.5 Å². The monoisotopic (exact) mass is 341 g/mol. The van der Waals surface area contributed by atoms with Gasteiger partial charge in [-0.2, -0.15) is 0 Å². The molecule has 1 aromatic rings. The molecule has 1 saturated carbocycles. The van der Waals surface area contributed by atoms with Crippen molar-refractivity contribution in [3.8, 4) is 5.75 Å². The van der Waals surface area contributed by atoms with Crippen LogP contribution >= 0.6 is 0 Å². The lowest BCUT2D eigenvalue weighted by atomic mass is 9.93. The number of hydrogen-bond donors (Lipinski definition) is 0. The van der Waals surface area contributed by atoms with Gasteiger partial charge in [0.05, 0.1) is 19.6 Å². The smallest absolute Gasteiger partial charge is 0.309 e. The van der Waals surface area contributed by atoms with Gasteiger partial charge in [0, 0.05) is 18.7 Å². The Morgan fingerprint density at radius 3 is 2.92 bits per heavy atom. The maximum Gasteiger partial charge on any atom is 0.309 e. The lowest BCUT2D eigenvalue weighted by Crippen LogP contribution is -2.43. The number of carbonyl (C=O) groups excluding carboxylic acids is 1. The van der Waals surface area contributed by atoms with Gasteiger partial charge in [0.2, 0.25) is 0 Å². The van der Waals surface area contributed by atoms with Crippen LogP contribution in [0.3, 0.4) is 0 Å². The van der Waals surface area contributed by atoms with E-state index < -0.39 is 0 Å². The molecule has 1 aliphatic carbocycles. The minimum atomic E-state index is -0.303. The lowest BCUT2D eigenvalue weighted by Gasteiger charge is -2.34. The van der Waals surface area contributed by atoms with Crippen LogP contribution in [0.4, 0.5) is 0 Å². The first-order valence-electron chi connectivity index (χ1n) is 9.50. The highest BCUT2D eigenvalue weighted by atomic mass is 16.6. The molecular formula is C21H27NO3. The van der Waals surface area contributed by atoms with Crippen molar-refractivity contribution < 1.29 is 14.3 Å². The van der Waals surface area contributed by atoms with Crippen LogP contribution in [0.2, 0.25) is 0 Å². The Labute approximate surface area is 149 Å². The standard InChI is InChI=1S/C21H27NO3/c1-24-19-9-4-6-16(13-19)12-18-14-21(10-5-11-22(18)15-21)25-20(23)17-7-2-3-8-17/h4,6,9,12-13,17H,2-3,5,7-8,10-11,14-15H2,1H3/b18-12+. The molecule has 4 nitrogen and oxygen atoms in total. The molecule has 3 aliphatic rings. The van der Waals surface area contributed by atoms with E-state index in [2.05, 4.69) is 17.0 Å². The van der Waals surface area contributed by atoms with Gasteiger partial charge in [0.25, 0.3) is 0 Å². The Kier molecular flexibility index (Phi) is 4.45. The molecule has 0 N–H and O–H groups in total. The van der Waals surface area contributed by atoms with Crippen LogP contribution < -0.4 is 4.74 Å². The van der Waals surface area contributed by atoms with Crippen molar-refractivity contribution in [3.05, 3.63) is 35.5 Å². The van der Waals surface area contributed by atoms with Crippen LogP contribution in [0.1, 0.15) is 50.5 Å². The number of methoxy groups -OCH3 is 1. The Balaban J connectivity index is 1.52. The zero-order valence-corrected chi connectivity index (χ0v) is 15.0. The molecule has 0 aromatic heterocycles. The molecule has 4 rings (SSSR count). The third-order valence-electron chi connectivity index (χ3n) is 5.88. The number of esters is 1. The minimum absolute atomic E-state index is 0.0435. The highest BCUT2D eigenvalue weighted by molar-refractivity contribution is 5.73. The summed E-state index contributed by atoms with van der Waals surface area (Å²) in [6, 6.07) is 8.11. The zero-order valence-electron chi connectivity index (χ0n) is 15.0. The first kappa shape index (κ1) is 16.5. The van der Waals surface area contributed by atoms with Gasteiger partial charge in [-0.1, -0.05) is 25.0 Å². The number of carbonyl (C=O) groups is 1. The maximum atomic E-state index is 12.6. The SMILES string of the molecule is COc1cccc(/C=C2\CC3(OC(=O)C4CCCC4)CCCN2C3)c1. The third-order valence-corrected chi connectivity index (χ3v) is 5.88. The molecule has 4 heteroatoms. The Bertz CT molecular complexity index is 677. The average Bonchev–Trinajstić information content (AvgIpc) is 3.23. The van der Waals surface area contributed by atoms with Gasteiger partial charge in [-0.25, -0.2) is 0 Å². The molecule has 2 bridgehead atoms. The maximum absolute atomic E-state index is 12.6. The summed E-state index contributed by atoms with van der Waals surface area (Å²) in [5.41, 5.74) is 2.12. The summed E-state index contributed by atoms with van der Waals surface area (Å²) in [6.07, 6.45) is 9.47. The molecular weight excluding hydrogens is 314 g/mol. The number of piperidine rings is 1. The number of rotatable bonds is 4. The van der Waals surface area contributed by atoms with Crippen molar-refractivity contribution in [2.45, 2.75) is 50.5 Å². The van der Waals surface area contributed by atoms with Crippen LogP contribution in [-0.2, 0) is 9.53 Å². The van der Waals surface area contributed by atoms with Crippen molar-refractivity contribution in [1.29, 1.82) is 0 Å². The molecule has 25 heavy (non-hydrogen) atoms. The van der Waals surface area contributed by atoms with Crippen molar-refractivity contribution in [2.24, 2.45) is 5.92 Å². The molecule has 2 aliphatic heterocycles.